The van der Waals surface area contributed by atoms with E-state index in [0.717, 1.165) is 30.4 Å². The number of amides is 1. The summed E-state index contributed by atoms with van der Waals surface area (Å²) < 4.78 is 36.5. The van der Waals surface area contributed by atoms with Gasteiger partial charge in [0, 0.05) is 5.92 Å². The van der Waals surface area contributed by atoms with Crippen molar-refractivity contribution in [3.05, 3.63) is 29.3 Å². The van der Waals surface area contributed by atoms with Gasteiger partial charge in [-0.05, 0) is 42.9 Å². The van der Waals surface area contributed by atoms with Crippen molar-refractivity contribution < 1.29 is 17.1 Å². The fourth-order valence-corrected chi connectivity index (χ4v) is 3.18. The summed E-state index contributed by atoms with van der Waals surface area (Å²) in [5.41, 5.74) is 1.86. The third-order valence-electron chi connectivity index (χ3n) is 4.12. The van der Waals surface area contributed by atoms with Gasteiger partial charge in [0.2, 0.25) is 5.91 Å². The molecule has 22 heavy (non-hydrogen) atoms. The lowest BCUT2D eigenvalue weighted by atomic mass is 9.86. The number of halogens is 1. The maximum atomic E-state index is 12.9. The zero-order valence-corrected chi connectivity index (χ0v) is 13.5. The molecule has 0 bridgehead atoms. The maximum absolute atomic E-state index is 12.9. The molecule has 2 atom stereocenters. The molecule has 0 saturated heterocycles. The largest absolute Gasteiger partial charge is 0.396 e. The van der Waals surface area contributed by atoms with Crippen LogP contribution in [-0.4, -0.2) is 14.3 Å². The van der Waals surface area contributed by atoms with E-state index in [2.05, 4.69) is 5.32 Å². The van der Waals surface area contributed by atoms with Crippen LogP contribution in [0.5, 0.6) is 0 Å². The van der Waals surface area contributed by atoms with Crippen LogP contribution >= 0.6 is 0 Å². The number of carbonyl (C=O) groups is 1. The summed E-state index contributed by atoms with van der Waals surface area (Å²) in [5.74, 6) is -0.0882. The second-order valence-corrected chi connectivity index (χ2v) is 6.76. The molecule has 0 aliphatic heterocycles. The van der Waals surface area contributed by atoms with Crippen LogP contribution in [-0.2, 0) is 21.6 Å². The monoisotopic (exact) mass is 328 g/mol. The fourth-order valence-electron chi connectivity index (χ4n) is 2.72. The highest BCUT2D eigenvalue weighted by molar-refractivity contribution is 7.87. The molecule has 0 saturated carbocycles. The van der Waals surface area contributed by atoms with Crippen molar-refractivity contribution in [3.8, 4) is 0 Å². The van der Waals surface area contributed by atoms with Gasteiger partial charge in [-0.25, -0.2) is 0 Å². The first-order valence-corrected chi connectivity index (χ1v) is 8.84. The summed E-state index contributed by atoms with van der Waals surface area (Å²) >= 11 is 0. The van der Waals surface area contributed by atoms with Crippen molar-refractivity contribution in [2.75, 3.05) is 4.72 Å². The Balaban J connectivity index is 2.28. The van der Waals surface area contributed by atoms with E-state index in [4.69, 9.17) is 0 Å². The fraction of sp³-hybridized carbons (Fsp3) is 0.533. The molecule has 0 fully saturated rings. The zero-order chi connectivity index (χ0) is 16.3. The van der Waals surface area contributed by atoms with Gasteiger partial charge in [0.15, 0.2) is 0 Å². The number of benzene rings is 1. The minimum atomic E-state index is -4.81. The quantitative estimate of drug-likeness (QED) is 0.816. The number of nitrogens with one attached hydrogen (secondary N) is 2. The number of carbonyl (C=O) groups excluding carboxylic acids is 1. The van der Waals surface area contributed by atoms with Gasteiger partial charge in [-0.2, -0.15) is 8.42 Å². The maximum Gasteiger partial charge on any atom is 0.396 e. The molecule has 1 aromatic carbocycles. The van der Waals surface area contributed by atoms with Crippen molar-refractivity contribution in [3.63, 3.8) is 0 Å². The lowest BCUT2D eigenvalue weighted by Crippen LogP contribution is -2.34. The molecule has 1 aliphatic carbocycles. The minimum absolute atomic E-state index is 0.0168. The number of hydrogen-bond acceptors (Lipinski definition) is 3. The summed E-state index contributed by atoms with van der Waals surface area (Å²) in [6.07, 6.45) is 3.02. The summed E-state index contributed by atoms with van der Waals surface area (Å²) in [6, 6.07) is 4.90. The van der Waals surface area contributed by atoms with Crippen LogP contribution in [0.15, 0.2) is 18.2 Å². The number of rotatable bonds is 5. The topological polar surface area (TPSA) is 75.3 Å². The van der Waals surface area contributed by atoms with Gasteiger partial charge in [-0.15, -0.1) is 0 Å². The van der Waals surface area contributed by atoms with Gasteiger partial charge in [0.1, 0.15) is 0 Å². The molecule has 1 aliphatic rings. The Morgan fingerprint density at radius 2 is 2.18 bits per heavy atom. The van der Waals surface area contributed by atoms with E-state index in [9.17, 15) is 17.1 Å². The average molecular weight is 328 g/mol. The number of hydrogen-bond donors (Lipinski definition) is 2. The van der Waals surface area contributed by atoms with E-state index < -0.39 is 10.4 Å². The van der Waals surface area contributed by atoms with Gasteiger partial charge in [0.05, 0.1) is 11.7 Å². The van der Waals surface area contributed by atoms with Crippen LogP contribution in [0.25, 0.3) is 0 Å². The highest BCUT2D eigenvalue weighted by atomic mass is 32.3. The molecular weight excluding hydrogens is 307 g/mol. The highest BCUT2D eigenvalue weighted by Crippen LogP contribution is 2.34. The zero-order valence-electron chi connectivity index (χ0n) is 12.7. The Morgan fingerprint density at radius 1 is 1.45 bits per heavy atom. The van der Waals surface area contributed by atoms with Crippen molar-refractivity contribution >= 4 is 22.0 Å². The Kier molecular flexibility index (Phi) is 5.05. The molecule has 1 amide bonds. The SMILES string of the molecule is CCC(C)C(=O)NC1CCCc2c(NS(=O)(=O)F)cccc21. The van der Waals surface area contributed by atoms with E-state index in [1.165, 1.54) is 6.07 Å². The highest BCUT2D eigenvalue weighted by Gasteiger charge is 2.25. The van der Waals surface area contributed by atoms with Crippen LogP contribution in [0.3, 0.4) is 0 Å². The van der Waals surface area contributed by atoms with Gasteiger partial charge in [-0.3, -0.25) is 9.52 Å². The molecule has 5 nitrogen and oxygen atoms in total. The molecular formula is C15H21FN2O3S. The molecule has 122 valence electrons. The normalized spacial score (nSPS) is 19.1. The molecule has 2 unspecified atom stereocenters. The molecule has 2 rings (SSSR count). The van der Waals surface area contributed by atoms with Crippen molar-refractivity contribution in [1.82, 2.24) is 5.32 Å². The summed E-state index contributed by atoms with van der Waals surface area (Å²) in [5, 5.41) is 3.01. The number of anilines is 1. The van der Waals surface area contributed by atoms with E-state index in [0.29, 0.717) is 6.42 Å². The van der Waals surface area contributed by atoms with Crippen molar-refractivity contribution in [2.45, 2.75) is 45.6 Å². The smallest absolute Gasteiger partial charge is 0.349 e. The third kappa shape index (κ3) is 3.97. The lowest BCUT2D eigenvalue weighted by molar-refractivity contribution is -0.125. The van der Waals surface area contributed by atoms with Crippen LogP contribution in [0.2, 0.25) is 0 Å². The third-order valence-corrected chi connectivity index (χ3v) is 4.58. The van der Waals surface area contributed by atoms with Crippen LogP contribution < -0.4 is 10.0 Å². The molecule has 2 N–H and O–H groups in total. The lowest BCUT2D eigenvalue weighted by Gasteiger charge is -2.28. The summed E-state index contributed by atoms with van der Waals surface area (Å²) in [4.78, 5) is 12.1. The molecule has 0 radical (unpaired) electrons. The first kappa shape index (κ1) is 16.7. The molecule has 0 aromatic heterocycles. The molecule has 1 aromatic rings. The van der Waals surface area contributed by atoms with Crippen molar-refractivity contribution in [2.24, 2.45) is 5.92 Å². The van der Waals surface area contributed by atoms with Crippen molar-refractivity contribution in [1.29, 1.82) is 0 Å². The Labute approximate surface area is 130 Å². The molecule has 0 spiro atoms. The Bertz CT molecular complexity index is 661. The van der Waals surface area contributed by atoms with Crippen LogP contribution in [0, 0.1) is 5.92 Å². The second kappa shape index (κ2) is 6.64. The summed E-state index contributed by atoms with van der Waals surface area (Å²) in [7, 11) is -4.81. The van der Waals surface area contributed by atoms with Gasteiger partial charge < -0.3 is 5.32 Å². The first-order chi connectivity index (χ1) is 10.3. The van der Waals surface area contributed by atoms with Gasteiger partial charge >= 0.3 is 10.4 Å². The Morgan fingerprint density at radius 3 is 2.82 bits per heavy atom. The van der Waals surface area contributed by atoms with E-state index in [1.54, 1.807) is 6.07 Å². The van der Waals surface area contributed by atoms with Crippen LogP contribution in [0.1, 0.15) is 50.3 Å². The Hall–Kier alpha value is -1.63. The summed E-state index contributed by atoms with van der Waals surface area (Å²) in [6.45, 7) is 3.82. The predicted octanol–water partition coefficient (Wildman–Crippen LogP) is 2.85. The van der Waals surface area contributed by atoms with E-state index in [-0.39, 0.29) is 23.6 Å². The molecule has 7 heteroatoms. The second-order valence-electron chi connectivity index (χ2n) is 5.68. The van der Waals surface area contributed by atoms with Crippen LogP contribution in [0.4, 0.5) is 9.57 Å². The van der Waals surface area contributed by atoms with E-state index >= 15 is 0 Å². The van der Waals surface area contributed by atoms with E-state index in [1.807, 2.05) is 24.6 Å². The van der Waals surface area contributed by atoms with Gasteiger partial charge in [0.25, 0.3) is 0 Å². The minimum Gasteiger partial charge on any atom is -0.349 e. The molecule has 0 heterocycles. The predicted molar refractivity (Wildman–Crippen MR) is 83.4 cm³/mol. The number of fused-ring (bicyclic) bond motifs is 1. The standard InChI is InChI=1S/C15H21FN2O3S/c1-3-10(2)15(19)17-13-8-4-7-12-11(13)6-5-9-14(12)18-22(16,20)21/h5-6,9-10,13,18H,3-4,7-8H2,1-2H3,(H,17,19). The van der Waals surface area contributed by atoms with Gasteiger partial charge in [-0.1, -0.05) is 29.9 Å². The average Bonchev–Trinajstić information content (AvgIpc) is 2.45. The first-order valence-electron chi connectivity index (χ1n) is 7.46.